The highest BCUT2D eigenvalue weighted by molar-refractivity contribution is 5.88. The summed E-state index contributed by atoms with van der Waals surface area (Å²) in [5.41, 5.74) is 0.112. The van der Waals surface area contributed by atoms with Crippen LogP contribution in [0.25, 0.3) is 0 Å². The second-order valence-electron chi connectivity index (χ2n) is 21.2. The molecule has 2 aromatic heterocycles. The van der Waals surface area contributed by atoms with Crippen LogP contribution >= 0.6 is 0 Å². The van der Waals surface area contributed by atoms with Crippen LogP contribution in [0.3, 0.4) is 0 Å². The maximum atomic E-state index is 13.5. The van der Waals surface area contributed by atoms with Crippen LogP contribution in [-0.2, 0) is 39.7 Å². The van der Waals surface area contributed by atoms with Gasteiger partial charge in [0.15, 0.2) is 11.4 Å². The Morgan fingerprint density at radius 3 is 1.32 bits per heavy atom. The van der Waals surface area contributed by atoms with Crippen molar-refractivity contribution in [2.45, 2.75) is 102 Å². The lowest BCUT2D eigenvalue weighted by atomic mass is 9.87. The number of rotatable bonds is 10. The number of nitrogens with zero attached hydrogens (tertiary/aromatic N) is 10. The SMILES string of the molecule is CN(Cc1ccc(C(F)(F)F)cc1N1CCOCC1)C1(C)CCN(C(=O)n2ccc(C(=O)O)n2)CC1.CN(Cc1ccc(C(F)(F)F)cc1N1CCOCC1)C1(C)CCN(C(=O)n2ccc(C(=O)OC(C)(C)C)n2)CC1. The van der Waals surface area contributed by atoms with Crippen molar-refractivity contribution in [1.29, 1.82) is 0 Å². The molecule has 4 aliphatic heterocycles. The second-order valence-corrected chi connectivity index (χ2v) is 21.2. The third-order valence-electron chi connectivity index (χ3n) is 14.8. The molecule has 76 heavy (non-hydrogen) atoms. The lowest BCUT2D eigenvalue weighted by Gasteiger charge is -2.45. The summed E-state index contributed by atoms with van der Waals surface area (Å²) in [6.45, 7) is 16.3. The van der Waals surface area contributed by atoms with Gasteiger partial charge in [-0.05, 0) is 122 Å². The lowest BCUT2D eigenvalue weighted by Crippen LogP contribution is -2.53. The number of likely N-dealkylation sites (tertiary alicyclic amines) is 2. The zero-order chi connectivity index (χ0) is 55.4. The number of piperidine rings is 2. The number of halogens is 6. The summed E-state index contributed by atoms with van der Waals surface area (Å²) in [6, 6.07) is 9.92. The van der Waals surface area contributed by atoms with Gasteiger partial charge in [-0.15, -0.1) is 0 Å². The molecule has 18 nitrogen and oxygen atoms in total. The summed E-state index contributed by atoms with van der Waals surface area (Å²) in [6.07, 6.45) is -3.41. The first kappa shape index (κ1) is 57.5. The maximum Gasteiger partial charge on any atom is 0.416 e. The number of aromatic nitrogens is 4. The van der Waals surface area contributed by atoms with E-state index >= 15 is 0 Å². The average molecular weight is 1080 g/mol. The highest BCUT2D eigenvalue weighted by Gasteiger charge is 2.39. The van der Waals surface area contributed by atoms with E-state index in [4.69, 9.17) is 19.3 Å². The molecular formula is C52H68F6N10O8. The summed E-state index contributed by atoms with van der Waals surface area (Å²) in [5, 5.41) is 17.0. The van der Waals surface area contributed by atoms with Gasteiger partial charge in [0.05, 0.1) is 37.6 Å². The molecule has 0 atom stereocenters. The first-order valence-electron chi connectivity index (χ1n) is 25.3. The number of hydrogen-bond acceptors (Lipinski definition) is 13. The second kappa shape index (κ2) is 23.2. The molecule has 2 amide bonds. The minimum atomic E-state index is -4.42. The van der Waals surface area contributed by atoms with E-state index in [2.05, 4.69) is 33.8 Å². The van der Waals surface area contributed by atoms with Crippen LogP contribution in [0.5, 0.6) is 0 Å². The Balaban J connectivity index is 0.000000222. The molecule has 4 aliphatic rings. The molecular weight excluding hydrogens is 1010 g/mol. The molecule has 0 saturated carbocycles. The van der Waals surface area contributed by atoms with Gasteiger partial charge in [-0.2, -0.15) is 45.9 Å². The number of anilines is 2. The van der Waals surface area contributed by atoms with Gasteiger partial charge in [0.1, 0.15) is 5.60 Å². The quantitative estimate of drug-likeness (QED) is 0.120. The minimum Gasteiger partial charge on any atom is -0.476 e. The fourth-order valence-electron chi connectivity index (χ4n) is 9.66. The van der Waals surface area contributed by atoms with E-state index in [0.29, 0.717) is 129 Å². The molecule has 4 fully saturated rings. The van der Waals surface area contributed by atoms with E-state index < -0.39 is 41.0 Å². The molecule has 2 aromatic carbocycles. The molecule has 416 valence electrons. The Kier molecular flexibility index (Phi) is 17.5. The van der Waals surface area contributed by atoms with E-state index in [9.17, 15) is 45.5 Å². The van der Waals surface area contributed by atoms with Gasteiger partial charge in [-0.25, -0.2) is 19.2 Å². The van der Waals surface area contributed by atoms with Gasteiger partial charge in [-0.3, -0.25) is 9.80 Å². The topological polar surface area (TPSA) is 171 Å². The summed E-state index contributed by atoms with van der Waals surface area (Å²) < 4.78 is 99.1. The van der Waals surface area contributed by atoms with Gasteiger partial charge in [0.2, 0.25) is 0 Å². The van der Waals surface area contributed by atoms with Gasteiger partial charge in [-0.1, -0.05) is 12.1 Å². The number of morpholine rings is 2. The molecule has 4 saturated heterocycles. The number of esters is 1. The number of amides is 2. The fourth-order valence-corrected chi connectivity index (χ4v) is 9.66. The number of carboxylic acids is 1. The first-order valence-corrected chi connectivity index (χ1v) is 25.3. The molecule has 0 unspecified atom stereocenters. The monoisotopic (exact) mass is 1070 g/mol. The van der Waals surface area contributed by atoms with Crippen LogP contribution in [0.15, 0.2) is 60.9 Å². The minimum absolute atomic E-state index is 0.0671. The summed E-state index contributed by atoms with van der Waals surface area (Å²) in [4.78, 5) is 60.7. The molecule has 0 bridgehead atoms. The number of carbonyl (C=O) groups is 4. The van der Waals surface area contributed by atoms with Crippen LogP contribution in [0, 0.1) is 0 Å². The number of carbonyl (C=O) groups excluding carboxylic acids is 3. The lowest BCUT2D eigenvalue weighted by molar-refractivity contribution is -0.138. The van der Waals surface area contributed by atoms with Gasteiger partial charge < -0.3 is 38.9 Å². The Morgan fingerprint density at radius 2 is 0.974 bits per heavy atom. The van der Waals surface area contributed by atoms with Crippen molar-refractivity contribution in [1.82, 2.24) is 39.2 Å². The largest absolute Gasteiger partial charge is 0.476 e. The molecule has 4 aromatic rings. The van der Waals surface area contributed by atoms with E-state index in [1.165, 1.54) is 36.7 Å². The Morgan fingerprint density at radius 1 is 0.605 bits per heavy atom. The van der Waals surface area contributed by atoms with Crippen molar-refractivity contribution < 1.29 is 64.8 Å². The average Bonchev–Trinajstić information content (AvgIpc) is 4.09. The van der Waals surface area contributed by atoms with Gasteiger partial charge >= 0.3 is 36.4 Å². The zero-order valence-electron chi connectivity index (χ0n) is 44.0. The van der Waals surface area contributed by atoms with Crippen molar-refractivity contribution in [2.24, 2.45) is 0 Å². The molecule has 0 spiro atoms. The predicted octanol–water partition coefficient (Wildman–Crippen LogP) is 8.04. The van der Waals surface area contributed by atoms with Crippen LogP contribution in [0.1, 0.15) is 104 Å². The molecule has 6 heterocycles. The van der Waals surface area contributed by atoms with Crippen molar-refractivity contribution in [3.05, 3.63) is 94.6 Å². The highest BCUT2D eigenvalue weighted by Crippen LogP contribution is 2.38. The standard InChI is InChI=1S/C28H38F3N5O4.C24H30F3N5O4/c1-26(2,3)40-24(37)22-8-11-36(32-22)25(38)35-12-9-27(4,10-13-35)33(5)19-20-6-7-21(28(29,30)31)18-23(20)34-14-16-39-17-15-34;1-23(6-9-31(10-7-23)22(35)32-8-5-19(28-32)21(33)34)29(2)16-17-3-4-18(24(25,26)27)15-20(17)30-11-13-36-14-12-30/h6-8,11,18H,9-10,12-17,19H2,1-5H3;3-5,8,15H,6-7,9-14,16H2,1-2H3,(H,33,34). The maximum absolute atomic E-state index is 13.5. The summed E-state index contributed by atoms with van der Waals surface area (Å²) >= 11 is 0. The Bertz CT molecular complexity index is 2680. The van der Waals surface area contributed by atoms with Crippen molar-refractivity contribution in [3.8, 4) is 0 Å². The first-order chi connectivity index (χ1) is 35.6. The summed E-state index contributed by atoms with van der Waals surface area (Å²) in [7, 11) is 3.92. The number of carboxylic acid groups (broad SMARTS) is 1. The zero-order valence-corrected chi connectivity index (χ0v) is 44.0. The fraction of sp³-hybridized carbons (Fsp3) is 0.577. The van der Waals surface area contributed by atoms with Crippen LogP contribution in [0.2, 0.25) is 0 Å². The van der Waals surface area contributed by atoms with Gasteiger partial charge in [0, 0.05) is 100 Å². The van der Waals surface area contributed by atoms with Crippen LogP contribution in [0.4, 0.5) is 47.3 Å². The normalized spacial score (nSPS) is 18.4. The number of ether oxygens (including phenoxy) is 3. The van der Waals surface area contributed by atoms with Crippen LogP contribution in [-0.4, -0.2) is 178 Å². The predicted molar refractivity (Wildman–Crippen MR) is 268 cm³/mol. The Hall–Kier alpha value is -6.24. The molecule has 24 heteroatoms. The third-order valence-corrected chi connectivity index (χ3v) is 14.8. The Labute approximate surface area is 438 Å². The van der Waals surface area contributed by atoms with Crippen molar-refractivity contribution in [3.63, 3.8) is 0 Å². The van der Waals surface area contributed by atoms with E-state index in [1.54, 1.807) is 42.7 Å². The number of aromatic carboxylic acids is 1. The number of alkyl halides is 6. The molecule has 8 rings (SSSR count). The van der Waals surface area contributed by atoms with Crippen LogP contribution < -0.4 is 9.80 Å². The molecule has 1 N–H and O–H groups in total. The van der Waals surface area contributed by atoms with Crippen molar-refractivity contribution in [2.75, 3.05) is 103 Å². The summed E-state index contributed by atoms with van der Waals surface area (Å²) in [5.74, 6) is -1.79. The smallest absolute Gasteiger partial charge is 0.416 e. The van der Waals surface area contributed by atoms with Gasteiger partial charge in [0.25, 0.3) is 0 Å². The highest BCUT2D eigenvalue weighted by atomic mass is 19.4. The number of hydrogen-bond donors (Lipinski definition) is 1. The van der Waals surface area contributed by atoms with E-state index in [1.807, 2.05) is 23.9 Å². The number of benzene rings is 2. The third kappa shape index (κ3) is 14.0. The molecule has 0 aliphatic carbocycles. The molecule has 0 radical (unpaired) electrons. The van der Waals surface area contributed by atoms with E-state index in [-0.39, 0.29) is 34.5 Å². The van der Waals surface area contributed by atoms with E-state index in [0.717, 1.165) is 32.6 Å². The van der Waals surface area contributed by atoms with Crippen molar-refractivity contribution >= 4 is 35.4 Å².